The molecule has 2 aliphatic rings. The van der Waals surface area contributed by atoms with Gasteiger partial charge in [-0.05, 0) is 19.3 Å². The highest BCUT2D eigenvalue weighted by Crippen LogP contribution is 2.38. The lowest BCUT2D eigenvalue weighted by atomic mass is 9.98. The van der Waals surface area contributed by atoms with E-state index in [1.54, 1.807) is 12.0 Å². The zero-order valence-corrected chi connectivity index (χ0v) is 7.06. The summed E-state index contributed by atoms with van der Waals surface area (Å²) in [4.78, 5) is 12.4. The van der Waals surface area contributed by atoms with Gasteiger partial charge in [0.25, 0.3) is 0 Å². The number of nitrogens with zero attached hydrogens (tertiary/aromatic N) is 1. The first kappa shape index (κ1) is 7.86. The quantitative estimate of drug-likeness (QED) is 0.638. The van der Waals surface area contributed by atoms with Crippen molar-refractivity contribution in [2.45, 2.75) is 37.5 Å². The molecule has 2 bridgehead atoms. The molecular formula is C8H13NO3. The number of amides is 1. The largest absolute Gasteiger partial charge is 0.465 e. The summed E-state index contributed by atoms with van der Waals surface area (Å²) in [5.74, 6) is 0. The zero-order valence-electron chi connectivity index (χ0n) is 7.06. The zero-order chi connectivity index (χ0) is 8.72. The summed E-state index contributed by atoms with van der Waals surface area (Å²) in [6, 6.07) is 0.343. The van der Waals surface area contributed by atoms with Gasteiger partial charge in [0.2, 0.25) is 0 Å². The van der Waals surface area contributed by atoms with E-state index in [1.165, 1.54) is 0 Å². The summed E-state index contributed by atoms with van der Waals surface area (Å²) < 4.78 is 5.22. The number of hydrogen-bond donors (Lipinski definition) is 1. The van der Waals surface area contributed by atoms with Gasteiger partial charge < -0.3 is 9.84 Å². The van der Waals surface area contributed by atoms with E-state index < -0.39 is 6.09 Å². The third kappa shape index (κ3) is 0.909. The Bertz CT molecular complexity index is 206. The molecule has 12 heavy (non-hydrogen) atoms. The molecule has 0 unspecified atom stereocenters. The van der Waals surface area contributed by atoms with Crippen LogP contribution in [-0.2, 0) is 4.74 Å². The molecule has 0 radical (unpaired) electrons. The van der Waals surface area contributed by atoms with Crippen LogP contribution in [0.25, 0.3) is 0 Å². The number of hydrogen-bond acceptors (Lipinski definition) is 2. The highest BCUT2D eigenvalue weighted by Gasteiger charge is 2.48. The van der Waals surface area contributed by atoms with E-state index >= 15 is 0 Å². The number of methoxy groups -OCH3 is 1. The molecule has 2 aliphatic heterocycles. The van der Waals surface area contributed by atoms with E-state index in [0.717, 1.165) is 19.3 Å². The molecule has 2 saturated heterocycles. The van der Waals surface area contributed by atoms with Gasteiger partial charge in [-0.15, -0.1) is 0 Å². The van der Waals surface area contributed by atoms with Crippen molar-refractivity contribution in [3.8, 4) is 0 Å². The molecule has 2 fully saturated rings. The molecule has 2 heterocycles. The predicted octanol–water partition coefficient (Wildman–Crippen LogP) is 0.916. The Labute approximate surface area is 71.1 Å². The Morgan fingerprint density at radius 3 is 2.75 bits per heavy atom. The fourth-order valence-corrected chi connectivity index (χ4v) is 2.49. The second-order valence-corrected chi connectivity index (χ2v) is 3.50. The average Bonchev–Trinajstić information content (AvgIpc) is 2.59. The molecule has 3 atom stereocenters. The topological polar surface area (TPSA) is 49.8 Å². The molecule has 0 spiro atoms. The van der Waals surface area contributed by atoms with Crippen molar-refractivity contribution < 1.29 is 14.6 Å². The van der Waals surface area contributed by atoms with Gasteiger partial charge in [-0.2, -0.15) is 0 Å². The number of carbonyl (C=O) groups is 1. The van der Waals surface area contributed by atoms with Crippen LogP contribution in [0.3, 0.4) is 0 Å². The van der Waals surface area contributed by atoms with Crippen LogP contribution in [0.5, 0.6) is 0 Å². The maximum atomic E-state index is 10.8. The van der Waals surface area contributed by atoms with Crippen molar-refractivity contribution >= 4 is 6.09 Å². The monoisotopic (exact) mass is 171 g/mol. The van der Waals surface area contributed by atoms with E-state index in [4.69, 9.17) is 9.84 Å². The molecule has 68 valence electrons. The Balaban J connectivity index is 2.14. The van der Waals surface area contributed by atoms with Crippen molar-refractivity contribution in [3.05, 3.63) is 0 Å². The Morgan fingerprint density at radius 1 is 1.58 bits per heavy atom. The minimum atomic E-state index is -0.790. The second kappa shape index (κ2) is 2.62. The maximum Gasteiger partial charge on any atom is 0.407 e. The smallest absolute Gasteiger partial charge is 0.407 e. The molecule has 4 nitrogen and oxygen atoms in total. The SMILES string of the molecule is CO[C@@H]1C[C@@H]2CC[C@H]1N2C(=O)O. The van der Waals surface area contributed by atoms with E-state index in [2.05, 4.69) is 0 Å². The van der Waals surface area contributed by atoms with Crippen LogP contribution in [0, 0.1) is 0 Å². The van der Waals surface area contributed by atoms with Gasteiger partial charge in [-0.25, -0.2) is 4.79 Å². The highest BCUT2D eigenvalue weighted by molar-refractivity contribution is 5.67. The molecule has 2 rings (SSSR count). The predicted molar refractivity (Wildman–Crippen MR) is 42.1 cm³/mol. The van der Waals surface area contributed by atoms with Crippen LogP contribution in [0.15, 0.2) is 0 Å². The van der Waals surface area contributed by atoms with Crippen LogP contribution in [0.2, 0.25) is 0 Å². The Hall–Kier alpha value is -0.770. The summed E-state index contributed by atoms with van der Waals surface area (Å²) in [5.41, 5.74) is 0. The van der Waals surface area contributed by atoms with Gasteiger partial charge in [0.1, 0.15) is 0 Å². The number of rotatable bonds is 1. The molecule has 1 amide bonds. The van der Waals surface area contributed by atoms with Crippen molar-refractivity contribution in [2.24, 2.45) is 0 Å². The standard InChI is InChI=1S/C8H13NO3/c1-12-7-4-5-2-3-6(7)9(5)8(10)11/h5-7H,2-4H2,1H3,(H,10,11)/t5-,6+,7+/m0/s1. The van der Waals surface area contributed by atoms with Crippen molar-refractivity contribution in [1.82, 2.24) is 4.90 Å². The molecule has 0 saturated carbocycles. The minimum Gasteiger partial charge on any atom is -0.465 e. The van der Waals surface area contributed by atoms with Crippen LogP contribution in [0.4, 0.5) is 4.79 Å². The first-order chi connectivity index (χ1) is 5.74. The van der Waals surface area contributed by atoms with E-state index in [-0.39, 0.29) is 18.2 Å². The van der Waals surface area contributed by atoms with Gasteiger partial charge in [-0.1, -0.05) is 0 Å². The van der Waals surface area contributed by atoms with Gasteiger partial charge >= 0.3 is 6.09 Å². The maximum absolute atomic E-state index is 10.8. The third-order valence-electron chi connectivity index (χ3n) is 3.00. The van der Waals surface area contributed by atoms with E-state index in [1.807, 2.05) is 0 Å². The van der Waals surface area contributed by atoms with Crippen LogP contribution in [0.1, 0.15) is 19.3 Å². The van der Waals surface area contributed by atoms with Gasteiger partial charge in [0.05, 0.1) is 12.1 Å². The van der Waals surface area contributed by atoms with Crippen molar-refractivity contribution in [1.29, 1.82) is 0 Å². The number of fused-ring (bicyclic) bond motifs is 2. The highest BCUT2D eigenvalue weighted by atomic mass is 16.5. The minimum absolute atomic E-state index is 0.123. The Morgan fingerprint density at radius 2 is 2.33 bits per heavy atom. The van der Waals surface area contributed by atoms with E-state index in [0.29, 0.717) is 0 Å². The summed E-state index contributed by atoms with van der Waals surface area (Å²) in [6.07, 6.45) is 2.21. The molecule has 0 aliphatic carbocycles. The van der Waals surface area contributed by atoms with Crippen molar-refractivity contribution in [2.75, 3.05) is 7.11 Å². The third-order valence-corrected chi connectivity index (χ3v) is 3.00. The average molecular weight is 171 g/mol. The lowest BCUT2D eigenvalue weighted by Gasteiger charge is -2.20. The summed E-state index contributed by atoms with van der Waals surface area (Å²) in [6.45, 7) is 0. The van der Waals surface area contributed by atoms with Crippen LogP contribution in [-0.4, -0.2) is 41.4 Å². The van der Waals surface area contributed by atoms with Gasteiger partial charge in [-0.3, -0.25) is 4.90 Å². The molecule has 0 aromatic carbocycles. The number of carboxylic acid groups (broad SMARTS) is 1. The number of ether oxygens (including phenoxy) is 1. The van der Waals surface area contributed by atoms with Gasteiger partial charge in [0.15, 0.2) is 0 Å². The van der Waals surface area contributed by atoms with Crippen molar-refractivity contribution in [3.63, 3.8) is 0 Å². The summed E-state index contributed by atoms with van der Waals surface area (Å²) >= 11 is 0. The normalized spacial score (nSPS) is 39.1. The lowest BCUT2D eigenvalue weighted by Crippen LogP contribution is -2.36. The molecule has 4 heteroatoms. The summed E-state index contributed by atoms with van der Waals surface area (Å²) in [5, 5.41) is 8.88. The molecule has 0 aromatic heterocycles. The fourth-order valence-electron chi connectivity index (χ4n) is 2.49. The summed E-state index contributed by atoms with van der Waals surface area (Å²) in [7, 11) is 1.66. The van der Waals surface area contributed by atoms with Crippen LogP contribution < -0.4 is 0 Å². The molecular weight excluding hydrogens is 158 g/mol. The fraction of sp³-hybridized carbons (Fsp3) is 0.875. The second-order valence-electron chi connectivity index (χ2n) is 3.50. The lowest BCUT2D eigenvalue weighted by molar-refractivity contribution is 0.0654. The first-order valence-electron chi connectivity index (χ1n) is 4.28. The first-order valence-corrected chi connectivity index (χ1v) is 4.28. The van der Waals surface area contributed by atoms with Gasteiger partial charge in [0, 0.05) is 13.2 Å². The molecule has 1 N–H and O–H groups in total. The molecule has 0 aromatic rings. The van der Waals surface area contributed by atoms with E-state index in [9.17, 15) is 4.79 Å². The van der Waals surface area contributed by atoms with Crippen LogP contribution >= 0.6 is 0 Å². The Kier molecular flexibility index (Phi) is 1.72.